The first-order chi connectivity index (χ1) is 13.5. The highest BCUT2D eigenvalue weighted by molar-refractivity contribution is 9.10. The van der Waals surface area contributed by atoms with Crippen LogP contribution in [0.1, 0.15) is 29.9 Å². The second kappa shape index (κ2) is 8.02. The number of hydrogen-bond donors (Lipinski definition) is 0. The van der Waals surface area contributed by atoms with E-state index in [1.165, 1.54) is 16.7 Å². The highest BCUT2D eigenvalue weighted by Gasteiger charge is 2.34. The lowest BCUT2D eigenvalue weighted by Gasteiger charge is -2.39. The first kappa shape index (κ1) is 21.7. The van der Waals surface area contributed by atoms with Crippen molar-refractivity contribution in [2.24, 2.45) is 0 Å². The average molecular weight is 494 g/mol. The number of hydrogen-bond acceptors (Lipinski definition) is 3. The predicted molar refractivity (Wildman–Crippen MR) is 105 cm³/mol. The molecule has 156 valence electrons. The summed E-state index contributed by atoms with van der Waals surface area (Å²) in [7, 11) is 0. The molecule has 3 rings (SSSR count). The van der Waals surface area contributed by atoms with E-state index >= 15 is 0 Å². The fourth-order valence-corrected chi connectivity index (χ4v) is 4.15. The highest BCUT2D eigenvalue weighted by atomic mass is 79.9. The van der Waals surface area contributed by atoms with E-state index in [-0.39, 0.29) is 28.6 Å². The third-order valence-corrected chi connectivity index (χ3v) is 5.63. The van der Waals surface area contributed by atoms with Gasteiger partial charge < -0.3 is 14.2 Å². The predicted octanol–water partition coefficient (Wildman–Crippen LogP) is 4.64. The molecule has 5 nitrogen and oxygen atoms in total. The van der Waals surface area contributed by atoms with Crippen molar-refractivity contribution in [1.82, 2.24) is 9.47 Å². The topological polar surface area (TPSA) is 51.5 Å². The number of benzene rings is 1. The van der Waals surface area contributed by atoms with Gasteiger partial charge >= 0.3 is 6.36 Å². The molecule has 1 aromatic carbocycles. The van der Waals surface area contributed by atoms with Crippen molar-refractivity contribution in [1.29, 1.82) is 0 Å². The Morgan fingerprint density at radius 2 is 1.97 bits per heavy atom. The maximum absolute atomic E-state index is 13.0. The number of amides is 1. The molecule has 0 fully saturated rings. The van der Waals surface area contributed by atoms with Crippen molar-refractivity contribution in [3.8, 4) is 5.75 Å². The third-order valence-electron chi connectivity index (χ3n) is 4.73. The zero-order valence-electron chi connectivity index (χ0n) is 15.5. The quantitative estimate of drug-likeness (QED) is 0.624. The summed E-state index contributed by atoms with van der Waals surface area (Å²) in [5.74, 6) is -0.749. The van der Waals surface area contributed by atoms with E-state index in [1.807, 2.05) is 13.8 Å². The van der Waals surface area contributed by atoms with Crippen LogP contribution in [0, 0.1) is 0 Å². The van der Waals surface area contributed by atoms with Crippen LogP contribution in [0.2, 0.25) is 5.02 Å². The number of pyridine rings is 1. The molecule has 2 aromatic rings. The normalized spacial score (nSPS) is 17.8. The number of carbonyl (C=O) groups excluding carboxylic acids is 1. The molecule has 1 aliphatic heterocycles. The number of halogens is 5. The highest BCUT2D eigenvalue weighted by Crippen LogP contribution is 2.31. The van der Waals surface area contributed by atoms with Crippen LogP contribution >= 0.6 is 27.5 Å². The molecular weight excluding hydrogens is 477 g/mol. The van der Waals surface area contributed by atoms with Crippen molar-refractivity contribution < 1.29 is 22.7 Å². The van der Waals surface area contributed by atoms with Gasteiger partial charge in [-0.15, -0.1) is 13.2 Å². The van der Waals surface area contributed by atoms with Gasteiger partial charge in [-0.25, -0.2) is 0 Å². The zero-order chi connectivity index (χ0) is 21.5. The number of alkyl halides is 3. The summed E-state index contributed by atoms with van der Waals surface area (Å²) in [6, 6.07) is 6.68. The molecule has 0 bridgehead atoms. The number of aromatic nitrogens is 1. The lowest BCUT2D eigenvalue weighted by atomic mass is 10.0. The Morgan fingerprint density at radius 3 is 2.59 bits per heavy atom. The average Bonchev–Trinajstić information content (AvgIpc) is 2.60. The largest absolute Gasteiger partial charge is 0.573 e. The number of carbonyl (C=O) groups is 1. The van der Waals surface area contributed by atoms with E-state index < -0.39 is 12.1 Å². The maximum atomic E-state index is 13.0. The lowest BCUT2D eigenvalue weighted by Crippen LogP contribution is -2.53. The Kier molecular flexibility index (Phi) is 6.01. The van der Waals surface area contributed by atoms with Crippen molar-refractivity contribution in [3.63, 3.8) is 0 Å². The minimum Gasteiger partial charge on any atom is -0.404 e. The van der Waals surface area contributed by atoms with E-state index in [1.54, 1.807) is 17.0 Å². The third kappa shape index (κ3) is 4.61. The molecular formula is C19H17BrClF3N2O3. The Hall–Kier alpha value is -2.00. The second-order valence-corrected chi connectivity index (χ2v) is 8.17. The summed E-state index contributed by atoms with van der Waals surface area (Å²) in [5, 5.41) is -0.160. The van der Waals surface area contributed by atoms with Crippen molar-refractivity contribution >= 4 is 33.4 Å². The molecule has 1 amide bonds. The number of fused-ring (bicyclic) bond motifs is 1. The van der Waals surface area contributed by atoms with Gasteiger partial charge in [0.2, 0.25) is 0 Å². The molecule has 2 heterocycles. The van der Waals surface area contributed by atoms with Gasteiger partial charge in [0.05, 0.1) is 9.50 Å². The van der Waals surface area contributed by atoms with Crippen molar-refractivity contribution in [2.45, 2.75) is 45.3 Å². The van der Waals surface area contributed by atoms with Crippen LogP contribution in [0.4, 0.5) is 13.2 Å². The molecule has 0 N–H and O–H groups in total. The molecule has 0 saturated carbocycles. The molecule has 0 spiro atoms. The smallest absolute Gasteiger partial charge is 0.404 e. The van der Waals surface area contributed by atoms with Gasteiger partial charge in [-0.2, -0.15) is 0 Å². The molecule has 0 radical (unpaired) electrons. The van der Waals surface area contributed by atoms with Crippen LogP contribution in [0.5, 0.6) is 5.75 Å². The van der Waals surface area contributed by atoms with Gasteiger partial charge in [-0.3, -0.25) is 9.59 Å². The SMILES string of the molecule is CC(Cc1ccc(OC(F)(F)F)c(Cl)c1)N1C(=O)c2ccc(Br)c(=O)n2CC1C. The Bertz CT molecular complexity index is 1010. The summed E-state index contributed by atoms with van der Waals surface area (Å²) in [6.07, 6.45) is -4.45. The second-order valence-electron chi connectivity index (χ2n) is 6.91. The molecule has 1 aromatic heterocycles. The fraction of sp³-hybridized carbons (Fsp3) is 0.368. The molecule has 2 atom stereocenters. The molecule has 0 aliphatic carbocycles. The first-order valence-corrected chi connectivity index (χ1v) is 9.91. The summed E-state index contributed by atoms with van der Waals surface area (Å²) in [5.41, 5.74) is 0.702. The summed E-state index contributed by atoms with van der Waals surface area (Å²) in [4.78, 5) is 26.9. The Morgan fingerprint density at radius 1 is 1.28 bits per heavy atom. The fourth-order valence-electron chi connectivity index (χ4n) is 3.56. The number of ether oxygens (including phenoxy) is 1. The van der Waals surface area contributed by atoms with Gasteiger partial charge in [-0.05, 0) is 66.0 Å². The van der Waals surface area contributed by atoms with Crippen LogP contribution in [0.15, 0.2) is 39.6 Å². The van der Waals surface area contributed by atoms with Gasteiger partial charge in [-0.1, -0.05) is 17.7 Å². The summed E-state index contributed by atoms with van der Waals surface area (Å²) >= 11 is 9.09. The van der Waals surface area contributed by atoms with Gasteiger partial charge in [0.1, 0.15) is 11.4 Å². The maximum Gasteiger partial charge on any atom is 0.573 e. The van der Waals surface area contributed by atoms with E-state index in [0.29, 0.717) is 28.7 Å². The monoisotopic (exact) mass is 492 g/mol. The van der Waals surface area contributed by atoms with Crippen LogP contribution in [-0.2, 0) is 13.0 Å². The summed E-state index contributed by atoms with van der Waals surface area (Å²) in [6.45, 7) is 4.04. The van der Waals surface area contributed by atoms with Crippen LogP contribution in [0.25, 0.3) is 0 Å². The summed E-state index contributed by atoms with van der Waals surface area (Å²) < 4.78 is 42.9. The van der Waals surface area contributed by atoms with Gasteiger partial charge in [0.25, 0.3) is 11.5 Å². The van der Waals surface area contributed by atoms with Crippen LogP contribution < -0.4 is 10.3 Å². The first-order valence-electron chi connectivity index (χ1n) is 8.74. The Balaban J connectivity index is 1.81. The standard InChI is InChI=1S/C19H17BrClF3N2O3/c1-10(7-12-3-6-16(14(21)8-12)29-19(22,23)24)26-11(2)9-25-15(18(26)28)5-4-13(20)17(25)27/h3-6,8,10-11H,7,9H2,1-2H3. The van der Waals surface area contributed by atoms with Crippen molar-refractivity contribution in [2.75, 3.05) is 0 Å². The van der Waals surface area contributed by atoms with Crippen molar-refractivity contribution in [3.05, 3.63) is 61.4 Å². The van der Waals surface area contributed by atoms with Crippen LogP contribution in [-0.4, -0.2) is 33.8 Å². The molecule has 10 heteroatoms. The van der Waals surface area contributed by atoms with Gasteiger partial charge in [0, 0.05) is 18.6 Å². The molecule has 2 unspecified atom stereocenters. The zero-order valence-corrected chi connectivity index (χ0v) is 17.8. The van der Waals surface area contributed by atoms with E-state index in [9.17, 15) is 22.8 Å². The number of nitrogens with zero attached hydrogens (tertiary/aromatic N) is 2. The number of rotatable bonds is 4. The van der Waals surface area contributed by atoms with E-state index in [0.717, 1.165) is 6.07 Å². The van der Waals surface area contributed by atoms with E-state index in [4.69, 9.17) is 11.6 Å². The minimum atomic E-state index is -4.82. The molecule has 1 aliphatic rings. The molecule has 0 saturated heterocycles. The van der Waals surface area contributed by atoms with Gasteiger partial charge in [0.15, 0.2) is 0 Å². The minimum absolute atomic E-state index is 0.160. The van der Waals surface area contributed by atoms with Crippen LogP contribution in [0.3, 0.4) is 0 Å². The Labute approximate surface area is 178 Å². The lowest BCUT2D eigenvalue weighted by molar-refractivity contribution is -0.274. The van der Waals surface area contributed by atoms with E-state index in [2.05, 4.69) is 20.7 Å². The molecule has 29 heavy (non-hydrogen) atoms.